The van der Waals surface area contributed by atoms with E-state index < -0.39 is 10.0 Å². The molecule has 1 aromatic carbocycles. The minimum Gasteiger partial charge on any atom is -0.369 e. The van der Waals surface area contributed by atoms with Crippen LogP contribution in [0.4, 0.5) is 5.82 Å². The van der Waals surface area contributed by atoms with E-state index in [1.54, 1.807) is 7.05 Å². The zero-order valence-corrected chi connectivity index (χ0v) is 13.4. The highest BCUT2D eigenvalue weighted by Crippen LogP contribution is 2.14. The summed E-state index contributed by atoms with van der Waals surface area (Å²) in [5.41, 5.74) is 0.897. The molecular formula is C15H17N5O2S. The summed E-state index contributed by atoms with van der Waals surface area (Å²) in [6.07, 6.45) is 2.78. The van der Waals surface area contributed by atoms with E-state index >= 15 is 0 Å². The second-order valence-corrected chi connectivity index (χ2v) is 6.83. The summed E-state index contributed by atoms with van der Waals surface area (Å²) >= 11 is 0. The average molecular weight is 331 g/mol. The molecule has 0 aliphatic carbocycles. The number of aryl methyl sites for hydroxylation is 1. The molecule has 0 aliphatic rings. The highest BCUT2D eigenvalue weighted by Gasteiger charge is 2.14. The predicted octanol–water partition coefficient (Wildman–Crippen LogP) is 1.36. The van der Waals surface area contributed by atoms with Gasteiger partial charge in [0.25, 0.3) is 0 Å². The number of rotatable bonds is 6. The van der Waals surface area contributed by atoms with Crippen LogP contribution in [0.2, 0.25) is 0 Å². The molecule has 8 heteroatoms. The van der Waals surface area contributed by atoms with E-state index in [-0.39, 0.29) is 11.4 Å². The zero-order valence-electron chi connectivity index (χ0n) is 12.6. The van der Waals surface area contributed by atoms with Crippen molar-refractivity contribution in [1.82, 2.24) is 19.5 Å². The van der Waals surface area contributed by atoms with Crippen LogP contribution in [0.3, 0.4) is 0 Å². The summed E-state index contributed by atoms with van der Waals surface area (Å²) in [6, 6.07) is 11.7. The first-order valence-corrected chi connectivity index (χ1v) is 8.61. The van der Waals surface area contributed by atoms with Gasteiger partial charge in [0.2, 0.25) is 10.0 Å². The Bertz CT molecular complexity index is 920. The fourth-order valence-corrected chi connectivity index (χ4v) is 3.18. The summed E-state index contributed by atoms with van der Waals surface area (Å²) in [5, 5.41) is 8.03. The minimum atomic E-state index is -3.52. The van der Waals surface area contributed by atoms with Gasteiger partial charge in [-0.25, -0.2) is 18.1 Å². The Kier molecular flexibility index (Phi) is 4.26. The van der Waals surface area contributed by atoms with Gasteiger partial charge in [-0.05, 0) is 18.2 Å². The molecule has 0 spiro atoms. The second kappa shape index (κ2) is 6.35. The van der Waals surface area contributed by atoms with Crippen LogP contribution in [0.25, 0.3) is 10.9 Å². The van der Waals surface area contributed by atoms with Gasteiger partial charge in [0.1, 0.15) is 10.7 Å². The van der Waals surface area contributed by atoms with Crippen molar-refractivity contribution in [2.75, 3.05) is 18.4 Å². The van der Waals surface area contributed by atoms with Gasteiger partial charge in [0.15, 0.2) is 0 Å². The molecule has 0 amide bonds. The molecule has 2 heterocycles. The SMILES string of the molecule is Cn1cc(S(=O)(=O)NCCNc2ccc3ccccc3n2)cn1. The van der Waals surface area contributed by atoms with Crippen molar-refractivity contribution in [2.24, 2.45) is 7.05 Å². The van der Waals surface area contributed by atoms with Crippen LogP contribution in [-0.4, -0.2) is 36.3 Å². The van der Waals surface area contributed by atoms with E-state index in [9.17, 15) is 8.42 Å². The van der Waals surface area contributed by atoms with Crippen LogP contribution < -0.4 is 10.0 Å². The number of hydrogen-bond donors (Lipinski definition) is 2. The third-order valence-corrected chi connectivity index (χ3v) is 4.73. The van der Waals surface area contributed by atoms with E-state index in [1.807, 2.05) is 36.4 Å². The molecule has 0 aliphatic heterocycles. The standard InChI is InChI=1S/C15H17N5O2S/c1-20-11-13(10-17-20)23(21,22)18-9-8-16-15-7-6-12-4-2-3-5-14(12)19-15/h2-7,10-11,18H,8-9H2,1H3,(H,16,19). The number of para-hydroxylation sites is 1. The normalized spacial score (nSPS) is 11.7. The number of sulfonamides is 1. The quantitative estimate of drug-likeness (QED) is 0.666. The minimum absolute atomic E-state index is 0.156. The number of fused-ring (bicyclic) bond motifs is 1. The number of pyridine rings is 1. The number of nitrogens with one attached hydrogen (secondary N) is 2. The van der Waals surface area contributed by atoms with Gasteiger partial charge in [0, 0.05) is 31.7 Å². The number of nitrogens with zero attached hydrogens (tertiary/aromatic N) is 3. The van der Waals surface area contributed by atoms with Gasteiger partial charge in [-0.15, -0.1) is 0 Å². The summed E-state index contributed by atoms with van der Waals surface area (Å²) in [4.78, 5) is 4.63. The maximum atomic E-state index is 12.0. The lowest BCUT2D eigenvalue weighted by Crippen LogP contribution is -2.28. The van der Waals surface area contributed by atoms with Crippen LogP contribution >= 0.6 is 0 Å². The Morgan fingerprint density at radius 2 is 1.96 bits per heavy atom. The molecule has 3 aromatic rings. The second-order valence-electron chi connectivity index (χ2n) is 5.06. The number of hydrogen-bond acceptors (Lipinski definition) is 5. The molecular weight excluding hydrogens is 314 g/mol. The Morgan fingerprint density at radius 3 is 2.74 bits per heavy atom. The van der Waals surface area contributed by atoms with Gasteiger partial charge in [0.05, 0.1) is 11.7 Å². The lowest BCUT2D eigenvalue weighted by atomic mass is 10.2. The molecule has 2 N–H and O–H groups in total. The fourth-order valence-electron chi connectivity index (χ4n) is 2.16. The molecule has 2 aromatic heterocycles. The third-order valence-electron chi connectivity index (χ3n) is 3.31. The van der Waals surface area contributed by atoms with Gasteiger partial charge in [-0.2, -0.15) is 5.10 Å². The van der Waals surface area contributed by atoms with Crippen molar-refractivity contribution in [1.29, 1.82) is 0 Å². The Balaban J connectivity index is 1.56. The highest BCUT2D eigenvalue weighted by molar-refractivity contribution is 7.89. The largest absolute Gasteiger partial charge is 0.369 e. The average Bonchev–Trinajstić information content (AvgIpc) is 2.99. The maximum Gasteiger partial charge on any atom is 0.243 e. The molecule has 7 nitrogen and oxygen atoms in total. The van der Waals surface area contributed by atoms with Crippen molar-refractivity contribution in [3.05, 3.63) is 48.8 Å². The summed E-state index contributed by atoms with van der Waals surface area (Å²) in [6.45, 7) is 0.691. The molecule has 0 bridgehead atoms. The summed E-state index contributed by atoms with van der Waals surface area (Å²) in [5.74, 6) is 0.712. The van der Waals surface area contributed by atoms with E-state index in [0.717, 1.165) is 10.9 Å². The number of aromatic nitrogens is 3. The fraction of sp³-hybridized carbons (Fsp3) is 0.200. The maximum absolute atomic E-state index is 12.0. The van der Waals surface area contributed by atoms with Crippen molar-refractivity contribution in [3.8, 4) is 0 Å². The van der Waals surface area contributed by atoms with Gasteiger partial charge < -0.3 is 5.32 Å². The van der Waals surface area contributed by atoms with E-state index in [4.69, 9.17) is 0 Å². The Hall–Kier alpha value is -2.45. The molecule has 120 valence electrons. The predicted molar refractivity (Wildman–Crippen MR) is 88.6 cm³/mol. The van der Waals surface area contributed by atoms with E-state index in [0.29, 0.717) is 12.4 Å². The van der Waals surface area contributed by atoms with Crippen LogP contribution in [0.1, 0.15) is 0 Å². The Morgan fingerprint density at radius 1 is 1.13 bits per heavy atom. The lowest BCUT2D eigenvalue weighted by Gasteiger charge is -2.08. The van der Waals surface area contributed by atoms with Crippen molar-refractivity contribution in [2.45, 2.75) is 4.90 Å². The van der Waals surface area contributed by atoms with Crippen LogP contribution in [-0.2, 0) is 17.1 Å². The molecule has 0 saturated heterocycles. The number of anilines is 1. The highest BCUT2D eigenvalue weighted by atomic mass is 32.2. The monoisotopic (exact) mass is 331 g/mol. The smallest absolute Gasteiger partial charge is 0.243 e. The summed E-state index contributed by atoms with van der Waals surface area (Å²) < 4.78 is 28.0. The zero-order chi connectivity index (χ0) is 16.3. The molecule has 0 fully saturated rings. The number of benzene rings is 1. The molecule has 23 heavy (non-hydrogen) atoms. The topological polar surface area (TPSA) is 88.9 Å². The first-order chi connectivity index (χ1) is 11.0. The van der Waals surface area contributed by atoms with Crippen LogP contribution in [0.5, 0.6) is 0 Å². The molecule has 0 unspecified atom stereocenters. The van der Waals surface area contributed by atoms with Gasteiger partial charge in [-0.1, -0.05) is 18.2 Å². The molecule has 0 radical (unpaired) electrons. The van der Waals surface area contributed by atoms with Crippen LogP contribution in [0.15, 0.2) is 53.7 Å². The molecule has 0 saturated carbocycles. The summed E-state index contributed by atoms with van der Waals surface area (Å²) in [7, 11) is -1.85. The van der Waals surface area contributed by atoms with Crippen molar-refractivity contribution >= 4 is 26.7 Å². The first kappa shape index (κ1) is 15.4. The van der Waals surface area contributed by atoms with Gasteiger partial charge >= 0.3 is 0 Å². The van der Waals surface area contributed by atoms with Crippen molar-refractivity contribution in [3.63, 3.8) is 0 Å². The molecule has 3 rings (SSSR count). The lowest BCUT2D eigenvalue weighted by molar-refractivity contribution is 0.582. The van der Waals surface area contributed by atoms with E-state index in [2.05, 4.69) is 20.1 Å². The van der Waals surface area contributed by atoms with E-state index in [1.165, 1.54) is 17.1 Å². The molecule has 0 atom stereocenters. The third kappa shape index (κ3) is 3.66. The van der Waals surface area contributed by atoms with Gasteiger partial charge in [-0.3, -0.25) is 4.68 Å². The first-order valence-electron chi connectivity index (χ1n) is 7.12. The van der Waals surface area contributed by atoms with Crippen molar-refractivity contribution < 1.29 is 8.42 Å². The van der Waals surface area contributed by atoms with Crippen LogP contribution in [0, 0.1) is 0 Å². The Labute approximate surface area is 134 Å².